The molecule has 2 aliphatic rings. The number of carboxylic acids is 1. The lowest BCUT2D eigenvalue weighted by atomic mass is 9.80. The standard InChI is InChI=1S/C15H16FNO3/c16-10-3-4-11-12(9-10)17(8-5-13(18)19)14(20)15(11)6-1-2-7-15/h3-4,9H,1-2,5-8H2,(H,18,19). The molecule has 0 unspecified atom stereocenters. The van der Waals surface area contributed by atoms with E-state index >= 15 is 0 Å². The molecule has 1 fully saturated rings. The SMILES string of the molecule is O=C(O)CCN1C(=O)C2(CCCC2)c2ccc(F)cc21. The maximum absolute atomic E-state index is 13.5. The van der Waals surface area contributed by atoms with Crippen LogP contribution in [0.2, 0.25) is 0 Å². The molecule has 1 aliphatic carbocycles. The highest BCUT2D eigenvalue weighted by Gasteiger charge is 2.51. The Hall–Kier alpha value is -1.91. The maximum atomic E-state index is 13.5. The Labute approximate surface area is 116 Å². The molecule has 1 aliphatic heterocycles. The molecule has 1 aromatic rings. The molecule has 5 heteroatoms. The minimum atomic E-state index is -0.955. The number of aliphatic carboxylic acids is 1. The largest absolute Gasteiger partial charge is 0.481 e. The Kier molecular flexibility index (Phi) is 3.00. The zero-order chi connectivity index (χ0) is 14.3. The second kappa shape index (κ2) is 4.58. The Balaban J connectivity index is 2.03. The van der Waals surface area contributed by atoms with E-state index in [1.165, 1.54) is 17.0 Å². The van der Waals surface area contributed by atoms with Gasteiger partial charge in [-0.05, 0) is 30.5 Å². The van der Waals surface area contributed by atoms with Gasteiger partial charge < -0.3 is 10.0 Å². The van der Waals surface area contributed by atoms with Crippen LogP contribution in [0.5, 0.6) is 0 Å². The van der Waals surface area contributed by atoms with E-state index in [9.17, 15) is 14.0 Å². The molecule has 0 aromatic heterocycles. The van der Waals surface area contributed by atoms with E-state index in [1.54, 1.807) is 6.07 Å². The molecule has 0 atom stereocenters. The van der Waals surface area contributed by atoms with Crippen molar-refractivity contribution in [3.63, 3.8) is 0 Å². The molecule has 3 rings (SSSR count). The van der Waals surface area contributed by atoms with Gasteiger partial charge in [0.15, 0.2) is 0 Å². The normalized spacial score (nSPS) is 19.6. The third-order valence-corrected chi connectivity index (χ3v) is 4.43. The van der Waals surface area contributed by atoms with Crippen molar-refractivity contribution in [2.45, 2.75) is 37.5 Å². The number of rotatable bonds is 3. The number of fused-ring (bicyclic) bond motifs is 2. The van der Waals surface area contributed by atoms with Gasteiger partial charge >= 0.3 is 5.97 Å². The monoisotopic (exact) mass is 277 g/mol. The highest BCUT2D eigenvalue weighted by molar-refractivity contribution is 6.08. The first-order valence-electron chi connectivity index (χ1n) is 6.88. The van der Waals surface area contributed by atoms with Crippen LogP contribution in [0, 0.1) is 5.82 Å². The van der Waals surface area contributed by atoms with Crippen molar-refractivity contribution < 1.29 is 19.1 Å². The van der Waals surface area contributed by atoms with Crippen molar-refractivity contribution in [2.24, 2.45) is 0 Å². The summed E-state index contributed by atoms with van der Waals surface area (Å²) in [5.74, 6) is -1.41. The van der Waals surface area contributed by atoms with E-state index in [-0.39, 0.29) is 18.9 Å². The van der Waals surface area contributed by atoms with Gasteiger partial charge in [-0.1, -0.05) is 18.9 Å². The molecule has 1 amide bonds. The summed E-state index contributed by atoms with van der Waals surface area (Å²) < 4.78 is 13.5. The zero-order valence-corrected chi connectivity index (χ0v) is 11.1. The molecule has 0 bridgehead atoms. The van der Waals surface area contributed by atoms with Crippen LogP contribution in [-0.4, -0.2) is 23.5 Å². The van der Waals surface area contributed by atoms with Crippen molar-refractivity contribution in [1.82, 2.24) is 0 Å². The number of anilines is 1. The summed E-state index contributed by atoms with van der Waals surface area (Å²) in [6, 6.07) is 4.42. The summed E-state index contributed by atoms with van der Waals surface area (Å²) in [6.45, 7) is 0.104. The van der Waals surface area contributed by atoms with E-state index in [2.05, 4.69) is 0 Å². The minimum absolute atomic E-state index is 0.0585. The smallest absolute Gasteiger partial charge is 0.305 e. The number of carbonyl (C=O) groups excluding carboxylic acids is 1. The first-order chi connectivity index (χ1) is 9.54. The molecule has 1 N–H and O–H groups in total. The molecule has 1 saturated carbocycles. The van der Waals surface area contributed by atoms with Gasteiger partial charge in [0.05, 0.1) is 17.5 Å². The Morgan fingerprint density at radius 1 is 1.35 bits per heavy atom. The average molecular weight is 277 g/mol. The summed E-state index contributed by atoms with van der Waals surface area (Å²) in [5, 5.41) is 8.81. The molecular weight excluding hydrogens is 261 g/mol. The van der Waals surface area contributed by atoms with Gasteiger partial charge in [-0.15, -0.1) is 0 Å². The summed E-state index contributed by atoms with van der Waals surface area (Å²) in [7, 11) is 0. The third kappa shape index (κ3) is 1.80. The van der Waals surface area contributed by atoms with E-state index in [0.29, 0.717) is 5.69 Å². The van der Waals surface area contributed by atoms with Crippen LogP contribution < -0.4 is 4.90 Å². The van der Waals surface area contributed by atoms with Gasteiger partial charge in [0, 0.05) is 6.54 Å². The maximum Gasteiger partial charge on any atom is 0.305 e. The highest BCUT2D eigenvalue weighted by Crippen LogP contribution is 2.51. The number of carboxylic acid groups (broad SMARTS) is 1. The first kappa shape index (κ1) is 13.1. The third-order valence-electron chi connectivity index (χ3n) is 4.43. The number of benzene rings is 1. The van der Waals surface area contributed by atoms with Crippen LogP contribution in [0.25, 0.3) is 0 Å². The van der Waals surface area contributed by atoms with E-state index < -0.39 is 17.2 Å². The van der Waals surface area contributed by atoms with Crippen LogP contribution in [-0.2, 0) is 15.0 Å². The van der Waals surface area contributed by atoms with Gasteiger partial charge in [0.25, 0.3) is 0 Å². The molecule has 1 heterocycles. The van der Waals surface area contributed by atoms with Gasteiger partial charge in [-0.2, -0.15) is 0 Å². The number of halogens is 1. The topological polar surface area (TPSA) is 57.6 Å². The van der Waals surface area contributed by atoms with Crippen molar-refractivity contribution in [3.05, 3.63) is 29.6 Å². The predicted octanol–water partition coefficient (Wildman–Crippen LogP) is 2.46. The second-order valence-electron chi connectivity index (χ2n) is 5.55. The fourth-order valence-corrected chi connectivity index (χ4v) is 3.51. The van der Waals surface area contributed by atoms with Crippen LogP contribution in [0.1, 0.15) is 37.7 Å². The Morgan fingerprint density at radius 3 is 2.70 bits per heavy atom. The highest BCUT2D eigenvalue weighted by atomic mass is 19.1. The lowest BCUT2D eigenvalue weighted by Gasteiger charge is -2.23. The molecular formula is C15H16FNO3. The van der Waals surface area contributed by atoms with Crippen LogP contribution >= 0.6 is 0 Å². The van der Waals surface area contributed by atoms with Crippen LogP contribution in [0.15, 0.2) is 18.2 Å². The molecule has 0 radical (unpaired) electrons. The first-order valence-corrected chi connectivity index (χ1v) is 6.88. The van der Waals surface area contributed by atoms with Crippen molar-refractivity contribution in [2.75, 3.05) is 11.4 Å². The number of hydrogen-bond donors (Lipinski definition) is 1. The van der Waals surface area contributed by atoms with Crippen LogP contribution in [0.4, 0.5) is 10.1 Å². The van der Waals surface area contributed by atoms with Gasteiger partial charge in [0.2, 0.25) is 5.91 Å². The predicted molar refractivity (Wildman–Crippen MR) is 71.2 cm³/mol. The van der Waals surface area contributed by atoms with Crippen LogP contribution in [0.3, 0.4) is 0 Å². The van der Waals surface area contributed by atoms with Crippen molar-refractivity contribution in [3.8, 4) is 0 Å². The van der Waals surface area contributed by atoms with Gasteiger partial charge in [0.1, 0.15) is 5.82 Å². The van der Waals surface area contributed by atoms with E-state index in [4.69, 9.17) is 5.11 Å². The second-order valence-corrected chi connectivity index (χ2v) is 5.55. The number of amides is 1. The van der Waals surface area contributed by atoms with Crippen molar-refractivity contribution in [1.29, 1.82) is 0 Å². The minimum Gasteiger partial charge on any atom is -0.481 e. The summed E-state index contributed by atoms with van der Waals surface area (Å²) >= 11 is 0. The van der Waals surface area contributed by atoms with E-state index in [1.807, 2.05) is 0 Å². The van der Waals surface area contributed by atoms with Gasteiger partial charge in [-0.25, -0.2) is 4.39 Å². The fraction of sp³-hybridized carbons (Fsp3) is 0.467. The lowest BCUT2D eigenvalue weighted by Crippen LogP contribution is -2.39. The van der Waals surface area contributed by atoms with E-state index in [0.717, 1.165) is 31.2 Å². The number of hydrogen-bond acceptors (Lipinski definition) is 2. The zero-order valence-electron chi connectivity index (χ0n) is 11.1. The molecule has 4 nitrogen and oxygen atoms in total. The van der Waals surface area contributed by atoms with Crippen molar-refractivity contribution >= 4 is 17.6 Å². The summed E-state index contributed by atoms with van der Waals surface area (Å²) in [5.41, 5.74) is 0.881. The fourth-order valence-electron chi connectivity index (χ4n) is 3.51. The number of nitrogens with zero attached hydrogens (tertiary/aromatic N) is 1. The lowest BCUT2D eigenvalue weighted by molar-refractivity contribution is -0.136. The molecule has 1 spiro atoms. The summed E-state index contributed by atoms with van der Waals surface area (Å²) in [6.07, 6.45) is 3.38. The molecule has 106 valence electrons. The van der Waals surface area contributed by atoms with Gasteiger partial charge in [-0.3, -0.25) is 9.59 Å². The molecule has 0 saturated heterocycles. The summed E-state index contributed by atoms with van der Waals surface area (Å²) in [4.78, 5) is 24.9. The quantitative estimate of drug-likeness (QED) is 0.923. The molecule has 20 heavy (non-hydrogen) atoms. The molecule has 1 aromatic carbocycles. The average Bonchev–Trinajstić information content (AvgIpc) is 2.96. The number of carbonyl (C=O) groups is 2. The Morgan fingerprint density at radius 2 is 2.05 bits per heavy atom. The Bertz CT molecular complexity index is 578.